The smallest absolute Gasteiger partial charge is 0.206 e. The first-order valence-corrected chi connectivity index (χ1v) is 7.97. The largest absolute Gasteiger partial charge is 0.357 e. The summed E-state index contributed by atoms with van der Waals surface area (Å²) in [6.07, 6.45) is 1.75. The fourth-order valence-electron chi connectivity index (χ4n) is 1.35. The van der Waals surface area contributed by atoms with Gasteiger partial charge in [0.05, 0.1) is 5.75 Å². The molecule has 0 radical (unpaired) electrons. The Hall–Kier alpha value is -1.37. The summed E-state index contributed by atoms with van der Waals surface area (Å²) in [4.78, 5) is 12.0. The minimum atomic E-state index is 0.0440. The van der Waals surface area contributed by atoms with Crippen molar-refractivity contribution in [3.05, 3.63) is 47.5 Å². The molecule has 1 N–H and O–H groups in total. The molecule has 0 aliphatic heterocycles. The van der Waals surface area contributed by atoms with Crippen molar-refractivity contribution in [3.63, 3.8) is 0 Å². The Labute approximate surface area is 130 Å². The summed E-state index contributed by atoms with van der Waals surface area (Å²) < 4.78 is 0.763. The lowest BCUT2D eigenvalue weighted by atomic mass is 10.1. The predicted octanol–water partition coefficient (Wildman–Crippen LogP) is 3.76. The predicted molar refractivity (Wildman–Crippen MR) is 85.1 cm³/mol. The Morgan fingerprint density at radius 2 is 2.15 bits per heavy atom. The summed E-state index contributed by atoms with van der Waals surface area (Å²) in [5.74, 6) is 0.375. The monoisotopic (exact) mass is 325 g/mol. The Bertz CT molecular complexity index is 598. The molecule has 0 atom stereocenters. The third-order valence-electron chi connectivity index (χ3n) is 2.30. The lowest BCUT2D eigenvalue weighted by molar-refractivity contribution is 0.102. The van der Waals surface area contributed by atoms with E-state index in [4.69, 9.17) is 11.6 Å². The zero-order chi connectivity index (χ0) is 14.4. The highest BCUT2D eigenvalue weighted by molar-refractivity contribution is 8.01. The number of nitrogens with one attached hydrogen (secondary N) is 1. The van der Waals surface area contributed by atoms with E-state index in [0.717, 1.165) is 9.47 Å². The number of hydrogen-bond acceptors (Lipinski definition) is 6. The van der Waals surface area contributed by atoms with E-state index in [1.165, 1.54) is 23.1 Å². The molecule has 1 aromatic heterocycles. The normalized spacial score (nSPS) is 10.2. The highest BCUT2D eigenvalue weighted by atomic mass is 35.5. The third-order valence-corrected chi connectivity index (χ3v) is 4.56. The Balaban J connectivity index is 1.88. The lowest BCUT2D eigenvalue weighted by Crippen LogP contribution is -2.01. The number of hydrogen-bond donors (Lipinski definition) is 1. The van der Waals surface area contributed by atoms with Crippen LogP contribution < -0.4 is 5.32 Å². The topological polar surface area (TPSA) is 54.9 Å². The van der Waals surface area contributed by atoms with Crippen LogP contribution in [0.2, 0.25) is 5.02 Å². The first-order chi connectivity index (χ1) is 9.69. The van der Waals surface area contributed by atoms with Gasteiger partial charge in [0.1, 0.15) is 0 Å². The lowest BCUT2D eigenvalue weighted by Gasteiger charge is -1.99. The molecule has 0 spiro atoms. The fourth-order valence-corrected chi connectivity index (χ4v) is 3.12. The van der Waals surface area contributed by atoms with E-state index in [-0.39, 0.29) is 5.78 Å². The number of rotatable bonds is 7. The molecule has 0 saturated heterocycles. The van der Waals surface area contributed by atoms with Crippen molar-refractivity contribution in [2.24, 2.45) is 0 Å². The number of aromatic nitrogens is 2. The molecule has 0 saturated carbocycles. The number of benzene rings is 1. The van der Waals surface area contributed by atoms with E-state index < -0.39 is 0 Å². The molecule has 0 unspecified atom stereocenters. The molecule has 7 heteroatoms. The van der Waals surface area contributed by atoms with Gasteiger partial charge in [-0.25, -0.2) is 0 Å². The number of carbonyl (C=O) groups is 1. The van der Waals surface area contributed by atoms with Crippen LogP contribution in [0.5, 0.6) is 0 Å². The number of halogens is 1. The number of Topliss-reactive ketones (excluding diaryl/α,β-unsaturated/α-hetero) is 1. The number of nitrogens with zero attached hydrogens (tertiary/aromatic N) is 2. The number of thioether (sulfide) groups is 1. The van der Waals surface area contributed by atoms with Gasteiger partial charge in [0, 0.05) is 17.1 Å². The standard InChI is InChI=1S/C13H12ClN3OS2/c1-2-7-15-12-16-17-13(20-12)19-8-11(18)9-3-5-10(14)6-4-9/h2-6H,1,7-8H2,(H,15,16). The summed E-state index contributed by atoms with van der Waals surface area (Å²) in [6, 6.07) is 6.87. The maximum atomic E-state index is 12.0. The molecule has 0 amide bonds. The number of anilines is 1. The second-order valence-corrected chi connectivity index (χ2v) is 6.40. The van der Waals surface area contributed by atoms with Crippen molar-refractivity contribution in [2.75, 3.05) is 17.6 Å². The SMILES string of the molecule is C=CCNc1nnc(SCC(=O)c2ccc(Cl)cc2)s1. The minimum Gasteiger partial charge on any atom is -0.357 e. The van der Waals surface area contributed by atoms with E-state index in [2.05, 4.69) is 22.1 Å². The molecule has 1 heterocycles. The number of ketones is 1. The molecule has 0 fully saturated rings. The van der Waals surface area contributed by atoms with Gasteiger partial charge in [-0.1, -0.05) is 40.8 Å². The van der Waals surface area contributed by atoms with Crippen molar-refractivity contribution >= 4 is 45.6 Å². The molecule has 0 aliphatic carbocycles. The molecule has 1 aromatic carbocycles. The van der Waals surface area contributed by atoms with Crippen LogP contribution in [0.3, 0.4) is 0 Å². The van der Waals surface area contributed by atoms with Gasteiger partial charge >= 0.3 is 0 Å². The van der Waals surface area contributed by atoms with Crippen molar-refractivity contribution in [2.45, 2.75) is 4.34 Å². The Kier molecular flexibility index (Phi) is 5.58. The van der Waals surface area contributed by atoms with Crippen LogP contribution in [-0.2, 0) is 0 Å². The van der Waals surface area contributed by atoms with Crippen LogP contribution in [0.1, 0.15) is 10.4 Å². The summed E-state index contributed by atoms with van der Waals surface area (Å²) in [5, 5.41) is 12.4. The average Bonchev–Trinajstić information content (AvgIpc) is 2.91. The van der Waals surface area contributed by atoms with E-state index in [0.29, 0.717) is 22.9 Å². The summed E-state index contributed by atoms with van der Waals surface area (Å²) in [7, 11) is 0. The zero-order valence-corrected chi connectivity index (χ0v) is 12.9. The third kappa shape index (κ3) is 4.33. The van der Waals surface area contributed by atoms with E-state index in [1.807, 2.05) is 0 Å². The van der Waals surface area contributed by atoms with E-state index in [1.54, 1.807) is 30.3 Å². The van der Waals surface area contributed by atoms with Crippen LogP contribution >= 0.6 is 34.7 Å². The highest BCUT2D eigenvalue weighted by Gasteiger charge is 2.09. The van der Waals surface area contributed by atoms with Crippen molar-refractivity contribution < 1.29 is 4.79 Å². The summed E-state index contributed by atoms with van der Waals surface area (Å²) >= 11 is 8.59. The molecule has 2 aromatic rings. The highest BCUT2D eigenvalue weighted by Crippen LogP contribution is 2.26. The number of carbonyl (C=O) groups excluding carboxylic acids is 1. The van der Waals surface area contributed by atoms with Gasteiger partial charge in [-0.3, -0.25) is 4.79 Å². The Morgan fingerprint density at radius 3 is 2.85 bits per heavy atom. The van der Waals surface area contributed by atoms with Gasteiger partial charge in [-0.05, 0) is 24.3 Å². The summed E-state index contributed by atoms with van der Waals surface area (Å²) in [6.45, 7) is 4.26. The quantitative estimate of drug-likeness (QED) is 0.477. The molecule has 0 aliphatic rings. The molecular weight excluding hydrogens is 314 g/mol. The maximum Gasteiger partial charge on any atom is 0.206 e. The van der Waals surface area contributed by atoms with Gasteiger partial charge in [-0.15, -0.1) is 16.8 Å². The van der Waals surface area contributed by atoms with Gasteiger partial charge in [0.25, 0.3) is 0 Å². The first kappa shape index (κ1) is 15.0. The second-order valence-electron chi connectivity index (χ2n) is 3.76. The van der Waals surface area contributed by atoms with E-state index >= 15 is 0 Å². The Morgan fingerprint density at radius 1 is 1.40 bits per heavy atom. The summed E-state index contributed by atoms with van der Waals surface area (Å²) in [5.41, 5.74) is 0.649. The first-order valence-electron chi connectivity index (χ1n) is 5.79. The maximum absolute atomic E-state index is 12.0. The van der Waals surface area contributed by atoms with Crippen molar-refractivity contribution in [3.8, 4) is 0 Å². The molecule has 0 bridgehead atoms. The fraction of sp³-hybridized carbons (Fsp3) is 0.154. The second kappa shape index (κ2) is 7.42. The van der Waals surface area contributed by atoms with Crippen LogP contribution in [0, 0.1) is 0 Å². The molecule has 4 nitrogen and oxygen atoms in total. The van der Waals surface area contributed by atoms with E-state index in [9.17, 15) is 4.79 Å². The van der Waals surface area contributed by atoms with Crippen LogP contribution in [0.15, 0.2) is 41.3 Å². The van der Waals surface area contributed by atoms with Crippen molar-refractivity contribution in [1.29, 1.82) is 0 Å². The van der Waals surface area contributed by atoms with Gasteiger partial charge in [0.2, 0.25) is 5.13 Å². The van der Waals surface area contributed by atoms with Crippen LogP contribution in [-0.4, -0.2) is 28.3 Å². The van der Waals surface area contributed by atoms with Crippen LogP contribution in [0.4, 0.5) is 5.13 Å². The molecule has 104 valence electrons. The van der Waals surface area contributed by atoms with Gasteiger partial charge in [0.15, 0.2) is 10.1 Å². The van der Waals surface area contributed by atoms with Gasteiger partial charge < -0.3 is 5.32 Å². The van der Waals surface area contributed by atoms with Crippen molar-refractivity contribution in [1.82, 2.24) is 10.2 Å². The molecule has 20 heavy (non-hydrogen) atoms. The molecule has 2 rings (SSSR count). The molecular formula is C13H12ClN3OS2. The zero-order valence-electron chi connectivity index (χ0n) is 10.5. The van der Waals surface area contributed by atoms with Crippen LogP contribution in [0.25, 0.3) is 0 Å². The minimum absolute atomic E-state index is 0.0440. The van der Waals surface area contributed by atoms with Gasteiger partial charge in [-0.2, -0.15) is 0 Å². The average molecular weight is 326 g/mol.